The molecule has 0 fully saturated rings. The Morgan fingerprint density at radius 3 is 2.94 bits per heavy atom. The first kappa shape index (κ1) is 12.3. The van der Waals surface area contributed by atoms with Crippen molar-refractivity contribution in [3.05, 3.63) is 39.0 Å². The zero-order valence-electron chi connectivity index (χ0n) is 9.24. The van der Waals surface area contributed by atoms with Gasteiger partial charge < -0.3 is 15.2 Å². The first-order valence-corrected chi connectivity index (χ1v) is 6.75. The number of rotatable bonds is 4. The summed E-state index contributed by atoms with van der Waals surface area (Å²) >= 11 is 4.95. The second-order valence-electron chi connectivity index (χ2n) is 3.49. The van der Waals surface area contributed by atoms with E-state index in [4.69, 9.17) is 4.74 Å². The molecule has 3 nitrogen and oxygen atoms in total. The lowest BCUT2D eigenvalue weighted by atomic mass is 10.2. The molecule has 0 atom stereocenters. The second kappa shape index (κ2) is 5.42. The fraction of sp³-hybridized carbons (Fsp3) is 0.167. The Bertz CT molecular complexity index is 499. The molecule has 1 aromatic heterocycles. The Labute approximate surface area is 112 Å². The molecule has 0 saturated carbocycles. The molecule has 0 saturated heterocycles. The third kappa shape index (κ3) is 2.92. The number of halogens is 1. The van der Waals surface area contributed by atoms with Gasteiger partial charge in [0, 0.05) is 17.6 Å². The highest BCUT2D eigenvalue weighted by atomic mass is 79.9. The Hall–Kier alpha value is -1.20. The number of aromatic hydroxyl groups is 1. The van der Waals surface area contributed by atoms with Gasteiger partial charge in [-0.15, -0.1) is 0 Å². The van der Waals surface area contributed by atoms with Crippen LogP contribution in [0.5, 0.6) is 11.5 Å². The summed E-state index contributed by atoms with van der Waals surface area (Å²) in [5.41, 5.74) is 2.14. The molecule has 0 spiro atoms. The van der Waals surface area contributed by atoms with Crippen LogP contribution in [0.25, 0.3) is 0 Å². The highest BCUT2D eigenvalue weighted by Gasteiger charge is 2.08. The van der Waals surface area contributed by atoms with Crippen molar-refractivity contribution in [1.29, 1.82) is 0 Å². The van der Waals surface area contributed by atoms with Crippen LogP contribution in [0.3, 0.4) is 0 Å². The van der Waals surface area contributed by atoms with Gasteiger partial charge in [0.2, 0.25) is 0 Å². The highest BCUT2D eigenvalue weighted by Crippen LogP contribution is 2.35. The van der Waals surface area contributed by atoms with Crippen LogP contribution in [0.15, 0.2) is 33.4 Å². The number of phenols is 1. The maximum Gasteiger partial charge on any atom is 0.172 e. The fourth-order valence-electron chi connectivity index (χ4n) is 1.45. The molecule has 0 aliphatic heterocycles. The van der Waals surface area contributed by atoms with Crippen molar-refractivity contribution in [2.24, 2.45) is 0 Å². The summed E-state index contributed by atoms with van der Waals surface area (Å²) in [4.78, 5) is 0. The molecule has 5 heteroatoms. The summed E-state index contributed by atoms with van der Waals surface area (Å²) in [5, 5.41) is 17.0. The fourth-order valence-corrected chi connectivity index (χ4v) is 2.56. The number of methoxy groups -OCH3 is 1. The number of ether oxygens (including phenoxy) is 1. The Balaban J connectivity index is 2.13. The molecule has 2 N–H and O–H groups in total. The summed E-state index contributed by atoms with van der Waals surface area (Å²) < 4.78 is 5.74. The van der Waals surface area contributed by atoms with Gasteiger partial charge in [0.25, 0.3) is 0 Å². The largest absolute Gasteiger partial charge is 0.503 e. The van der Waals surface area contributed by atoms with Crippen molar-refractivity contribution in [3.63, 3.8) is 0 Å². The molecule has 0 unspecified atom stereocenters. The van der Waals surface area contributed by atoms with Gasteiger partial charge in [0.05, 0.1) is 11.6 Å². The van der Waals surface area contributed by atoms with Gasteiger partial charge in [-0.25, -0.2) is 0 Å². The minimum absolute atomic E-state index is 0.131. The zero-order valence-corrected chi connectivity index (χ0v) is 11.6. The van der Waals surface area contributed by atoms with Crippen LogP contribution in [-0.4, -0.2) is 12.2 Å². The van der Waals surface area contributed by atoms with Gasteiger partial charge in [0.1, 0.15) is 0 Å². The molecule has 2 rings (SSSR count). The average Bonchev–Trinajstić information content (AvgIpc) is 2.83. The van der Waals surface area contributed by atoms with Crippen LogP contribution >= 0.6 is 27.3 Å². The average molecular weight is 314 g/mol. The van der Waals surface area contributed by atoms with Crippen molar-refractivity contribution in [1.82, 2.24) is 0 Å². The molecule has 0 radical (unpaired) electrons. The van der Waals surface area contributed by atoms with Crippen molar-refractivity contribution in [2.75, 3.05) is 12.4 Å². The lowest BCUT2D eigenvalue weighted by Crippen LogP contribution is -1.99. The van der Waals surface area contributed by atoms with Gasteiger partial charge in [-0.1, -0.05) is 0 Å². The molecule has 1 aromatic carbocycles. The number of thiophene rings is 1. The maximum atomic E-state index is 9.68. The monoisotopic (exact) mass is 313 g/mol. The lowest BCUT2D eigenvalue weighted by molar-refractivity contribution is 0.371. The van der Waals surface area contributed by atoms with E-state index in [1.807, 2.05) is 29.0 Å². The summed E-state index contributed by atoms with van der Waals surface area (Å²) in [7, 11) is 1.54. The molecular weight excluding hydrogens is 302 g/mol. The van der Waals surface area contributed by atoms with E-state index in [9.17, 15) is 5.11 Å². The summed E-state index contributed by atoms with van der Waals surface area (Å²) in [6.07, 6.45) is 0. The van der Waals surface area contributed by atoms with Crippen molar-refractivity contribution in [3.8, 4) is 11.5 Å². The molecule has 17 heavy (non-hydrogen) atoms. The van der Waals surface area contributed by atoms with Crippen molar-refractivity contribution in [2.45, 2.75) is 6.54 Å². The van der Waals surface area contributed by atoms with Crippen LogP contribution in [0.1, 0.15) is 5.56 Å². The van der Waals surface area contributed by atoms with Crippen LogP contribution in [0.2, 0.25) is 0 Å². The normalized spacial score (nSPS) is 10.2. The minimum Gasteiger partial charge on any atom is -0.503 e. The molecule has 90 valence electrons. The lowest BCUT2D eigenvalue weighted by Gasteiger charge is -2.09. The number of hydrogen-bond acceptors (Lipinski definition) is 4. The summed E-state index contributed by atoms with van der Waals surface area (Å²) in [5.74, 6) is 0.605. The van der Waals surface area contributed by atoms with E-state index in [0.29, 0.717) is 16.8 Å². The number of phenolic OH excluding ortho intramolecular Hbond substituents is 1. The number of hydrogen-bond donors (Lipinski definition) is 2. The van der Waals surface area contributed by atoms with Gasteiger partial charge in [-0.3, -0.25) is 0 Å². The van der Waals surface area contributed by atoms with Crippen LogP contribution in [0.4, 0.5) is 5.69 Å². The van der Waals surface area contributed by atoms with E-state index in [2.05, 4.69) is 21.2 Å². The Morgan fingerprint density at radius 1 is 1.47 bits per heavy atom. The predicted molar refractivity (Wildman–Crippen MR) is 74.0 cm³/mol. The van der Waals surface area contributed by atoms with Gasteiger partial charge in [0.15, 0.2) is 11.5 Å². The van der Waals surface area contributed by atoms with E-state index >= 15 is 0 Å². The summed E-state index contributed by atoms with van der Waals surface area (Å²) in [6, 6.07) is 5.72. The highest BCUT2D eigenvalue weighted by molar-refractivity contribution is 9.10. The van der Waals surface area contributed by atoms with E-state index in [1.165, 1.54) is 7.11 Å². The van der Waals surface area contributed by atoms with Crippen LogP contribution < -0.4 is 10.1 Å². The first-order chi connectivity index (χ1) is 8.20. The molecule has 0 aliphatic carbocycles. The summed E-state index contributed by atoms with van der Waals surface area (Å²) in [6.45, 7) is 0.686. The van der Waals surface area contributed by atoms with Gasteiger partial charge in [-0.2, -0.15) is 11.3 Å². The molecule has 1 heterocycles. The molecule has 2 aromatic rings. The molecule has 0 amide bonds. The SMILES string of the molecule is COc1cc(CNc2ccsc2)cc(Br)c1O. The third-order valence-electron chi connectivity index (χ3n) is 2.33. The minimum atomic E-state index is 0.131. The maximum absolute atomic E-state index is 9.68. The Kier molecular flexibility index (Phi) is 3.91. The molecule has 0 bridgehead atoms. The van der Waals surface area contributed by atoms with Gasteiger partial charge in [-0.05, 0) is 45.1 Å². The van der Waals surface area contributed by atoms with E-state index in [0.717, 1.165) is 11.3 Å². The van der Waals surface area contributed by atoms with Crippen molar-refractivity contribution >= 4 is 33.0 Å². The smallest absolute Gasteiger partial charge is 0.172 e. The van der Waals surface area contributed by atoms with Crippen LogP contribution in [0, 0.1) is 0 Å². The Morgan fingerprint density at radius 2 is 2.29 bits per heavy atom. The zero-order chi connectivity index (χ0) is 12.3. The standard InChI is InChI=1S/C12H12BrNO2S/c1-16-11-5-8(4-10(13)12(11)15)6-14-9-2-3-17-7-9/h2-5,7,14-15H,6H2,1H3. The molecular formula is C12H12BrNO2S. The van der Waals surface area contributed by atoms with Crippen molar-refractivity contribution < 1.29 is 9.84 Å². The third-order valence-corrected chi connectivity index (χ3v) is 3.61. The van der Waals surface area contributed by atoms with Crippen LogP contribution in [-0.2, 0) is 6.54 Å². The number of benzene rings is 1. The first-order valence-electron chi connectivity index (χ1n) is 5.02. The van der Waals surface area contributed by atoms with E-state index in [-0.39, 0.29) is 5.75 Å². The number of anilines is 1. The predicted octanol–water partition coefficient (Wildman–Crippen LogP) is 3.84. The quantitative estimate of drug-likeness (QED) is 0.901. The van der Waals surface area contributed by atoms with E-state index < -0.39 is 0 Å². The second-order valence-corrected chi connectivity index (χ2v) is 5.13. The van der Waals surface area contributed by atoms with Gasteiger partial charge >= 0.3 is 0 Å². The molecule has 0 aliphatic rings. The number of nitrogens with one attached hydrogen (secondary N) is 1. The van der Waals surface area contributed by atoms with E-state index in [1.54, 1.807) is 11.3 Å². The topological polar surface area (TPSA) is 41.5 Å².